The molecule has 1 N–H and O–H groups in total. The van der Waals surface area contributed by atoms with E-state index in [9.17, 15) is 23.3 Å². The third-order valence-corrected chi connectivity index (χ3v) is 3.19. The molecule has 124 valence electrons. The molecule has 0 saturated carbocycles. The van der Waals surface area contributed by atoms with Gasteiger partial charge in [-0.05, 0) is 29.5 Å². The monoisotopic (exact) mass is 328 g/mol. The topological polar surface area (TPSA) is 73.0 Å². The highest BCUT2D eigenvalue weighted by molar-refractivity contribution is 5.25. The second-order valence-electron chi connectivity index (χ2n) is 4.91. The Balaban J connectivity index is 1.78. The predicted octanol–water partition coefficient (Wildman–Crippen LogP) is 2.99. The van der Waals surface area contributed by atoms with Gasteiger partial charge in [0.2, 0.25) is 0 Å². The summed E-state index contributed by atoms with van der Waals surface area (Å²) in [4.78, 5) is 13.8. The molecule has 0 saturated heterocycles. The Morgan fingerprint density at radius 1 is 1.35 bits per heavy atom. The molecule has 0 amide bonds. The fourth-order valence-electron chi connectivity index (χ4n) is 2.11. The number of alkyl halides is 3. The van der Waals surface area contributed by atoms with Gasteiger partial charge < -0.3 is 15.4 Å². The van der Waals surface area contributed by atoms with Crippen molar-refractivity contribution in [3.63, 3.8) is 0 Å². The van der Waals surface area contributed by atoms with Gasteiger partial charge in [0.25, 0.3) is 0 Å². The quantitative estimate of drug-likeness (QED) is 0.482. The Kier molecular flexibility index (Phi) is 5.32. The summed E-state index contributed by atoms with van der Waals surface area (Å²) < 4.78 is 39.2. The average molecular weight is 328 g/mol. The first-order chi connectivity index (χ1) is 10.9. The molecule has 2 rings (SSSR count). The Labute approximate surface area is 130 Å². The molecule has 0 atom stereocenters. The Bertz CT molecular complexity index is 670. The summed E-state index contributed by atoms with van der Waals surface area (Å²) in [5, 5.41) is 13.7. The number of halogens is 3. The summed E-state index contributed by atoms with van der Waals surface area (Å²) in [7, 11) is 0. The van der Waals surface area contributed by atoms with Crippen molar-refractivity contribution in [3.05, 3.63) is 57.9 Å². The molecular formula is C14H15F3N4O2. The summed E-state index contributed by atoms with van der Waals surface area (Å²) in [5.41, 5.74) is -0.140. The maximum atomic E-state index is 12.6. The van der Waals surface area contributed by atoms with Crippen molar-refractivity contribution in [1.82, 2.24) is 14.9 Å². The lowest BCUT2D eigenvalue weighted by Crippen LogP contribution is -2.17. The third-order valence-electron chi connectivity index (χ3n) is 3.19. The number of rotatable bonds is 7. The van der Waals surface area contributed by atoms with E-state index in [1.807, 2.05) is 0 Å². The van der Waals surface area contributed by atoms with Crippen LogP contribution in [0.15, 0.2) is 36.7 Å². The Morgan fingerprint density at radius 3 is 2.83 bits per heavy atom. The van der Waals surface area contributed by atoms with Gasteiger partial charge in [-0.3, -0.25) is 0 Å². The molecule has 0 aliphatic heterocycles. The van der Waals surface area contributed by atoms with Crippen LogP contribution in [0.4, 0.5) is 19.1 Å². The molecule has 6 nitrogen and oxygen atoms in total. The number of nitrogens with zero attached hydrogens (tertiary/aromatic N) is 3. The average Bonchev–Trinajstić information content (AvgIpc) is 2.95. The van der Waals surface area contributed by atoms with Gasteiger partial charge in [0.15, 0.2) is 0 Å². The van der Waals surface area contributed by atoms with Gasteiger partial charge in [-0.2, -0.15) is 13.2 Å². The fourth-order valence-corrected chi connectivity index (χ4v) is 2.11. The highest BCUT2D eigenvalue weighted by Crippen LogP contribution is 2.29. The van der Waals surface area contributed by atoms with Gasteiger partial charge in [-0.25, -0.2) is 4.57 Å². The molecule has 0 aliphatic rings. The summed E-state index contributed by atoms with van der Waals surface area (Å²) >= 11 is 0. The van der Waals surface area contributed by atoms with E-state index in [1.54, 1.807) is 6.07 Å². The minimum Gasteiger partial charge on any atom is -0.390 e. The molecule has 1 aromatic carbocycles. The normalized spacial score (nSPS) is 11.6. The van der Waals surface area contributed by atoms with E-state index in [2.05, 4.69) is 10.3 Å². The highest BCUT2D eigenvalue weighted by atomic mass is 19.4. The van der Waals surface area contributed by atoms with E-state index >= 15 is 0 Å². The number of hydrogen-bond donors (Lipinski definition) is 1. The van der Waals surface area contributed by atoms with Crippen LogP contribution < -0.4 is 5.32 Å². The number of imidazole rings is 1. The van der Waals surface area contributed by atoms with Gasteiger partial charge in [-0.15, -0.1) is 0 Å². The van der Waals surface area contributed by atoms with E-state index in [0.717, 1.165) is 12.1 Å². The number of hydrogen-bond acceptors (Lipinski definition) is 4. The molecule has 0 bridgehead atoms. The Morgan fingerprint density at radius 2 is 2.13 bits per heavy atom. The molecule has 1 heterocycles. The van der Waals surface area contributed by atoms with Gasteiger partial charge in [0.1, 0.15) is 12.4 Å². The molecule has 2 aromatic rings. The number of benzene rings is 1. The summed E-state index contributed by atoms with van der Waals surface area (Å²) in [6, 6.07) is 5.12. The first-order valence-electron chi connectivity index (χ1n) is 6.90. The van der Waals surface area contributed by atoms with Gasteiger partial charge >= 0.3 is 12.1 Å². The van der Waals surface area contributed by atoms with Crippen molar-refractivity contribution in [2.45, 2.75) is 25.7 Å². The van der Waals surface area contributed by atoms with Crippen molar-refractivity contribution in [2.24, 2.45) is 0 Å². The van der Waals surface area contributed by atoms with Crippen molar-refractivity contribution >= 4 is 5.95 Å². The zero-order chi connectivity index (χ0) is 16.9. The SMILES string of the molecule is O=[N+]([O-])c1nccn1CCCNCc1cccc(C(F)(F)F)c1. The molecule has 23 heavy (non-hydrogen) atoms. The molecule has 0 unspecified atom stereocenters. The largest absolute Gasteiger partial charge is 0.434 e. The molecule has 0 spiro atoms. The first kappa shape index (κ1) is 16.9. The van der Waals surface area contributed by atoms with Crippen LogP contribution in [-0.2, 0) is 19.3 Å². The summed E-state index contributed by atoms with van der Waals surface area (Å²) in [6.07, 6.45) is -0.883. The van der Waals surface area contributed by atoms with Crippen molar-refractivity contribution in [3.8, 4) is 0 Å². The second kappa shape index (κ2) is 7.23. The maximum absolute atomic E-state index is 12.6. The zero-order valence-electron chi connectivity index (χ0n) is 12.1. The number of nitro groups is 1. The summed E-state index contributed by atoms with van der Waals surface area (Å²) in [6.45, 7) is 1.23. The molecular weight excluding hydrogens is 313 g/mol. The second-order valence-corrected chi connectivity index (χ2v) is 4.91. The van der Waals surface area contributed by atoms with E-state index < -0.39 is 16.7 Å². The molecule has 0 aliphatic carbocycles. The molecule has 1 aromatic heterocycles. The van der Waals surface area contributed by atoms with Crippen molar-refractivity contribution < 1.29 is 18.1 Å². The molecule has 0 fully saturated rings. The number of nitrogens with one attached hydrogen (secondary N) is 1. The molecule has 0 radical (unpaired) electrons. The minimum atomic E-state index is -4.35. The van der Waals surface area contributed by atoms with E-state index in [1.165, 1.54) is 23.0 Å². The van der Waals surface area contributed by atoms with Crippen LogP contribution in [0.1, 0.15) is 17.5 Å². The van der Waals surface area contributed by atoms with Crippen LogP contribution in [0.3, 0.4) is 0 Å². The van der Waals surface area contributed by atoms with Crippen molar-refractivity contribution in [2.75, 3.05) is 6.54 Å². The fraction of sp³-hybridized carbons (Fsp3) is 0.357. The standard InChI is InChI=1S/C14H15F3N4O2/c15-14(16,17)12-4-1-3-11(9-12)10-18-5-2-7-20-8-6-19-13(20)21(22)23/h1,3-4,6,8-9,18H,2,5,7,10H2. The third kappa shape index (κ3) is 4.78. The lowest BCUT2D eigenvalue weighted by atomic mass is 10.1. The van der Waals surface area contributed by atoms with Gasteiger partial charge in [-0.1, -0.05) is 23.2 Å². The van der Waals surface area contributed by atoms with Crippen LogP contribution in [0, 0.1) is 10.1 Å². The van der Waals surface area contributed by atoms with Crippen LogP contribution >= 0.6 is 0 Å². The van der Waals surface area contributed by atoms with E-state index in [0.29, 0.717) is 31.6 Å². The van der Waals surface area contributed by atoms with Gasteiger partial charge in [0, 0.05) is 6.54 Å². The lowest BCUT2D eigenvalue weighted by Gasteiger charge is -2.09. The van der Waals surface area contributed by atoms with E-state index in [4.69, 9.17) is 0 Å². The van der Waals surface area contributed by atoms with E-state index in [-0.39, 0.29) is 5.95 Å². The first-order valence-corrected chi connectivity index (χ1v) is 6.90. The number of aryl methyl sites for hydroxylation is 1. The lowest BCUT2D eigenvalue weighted by molar-refractivity contribution is -0.396. The van der Waals surface area contributed by atoms with Gasteiger partial charge in [0.05, 0.1) is 12.1 Å². The molecule has 9 heteroatoms. The van der Waals surface area contributed by atoms with Crippen LogP contribution in [0.2, 0.25) is 0 Å². The Hall–Kier alpha value is -2.42. The van der Waals surface area contributed by atoms with Crippen LogP contribution in [0.5, 0.6) is 0 Å². The predicted molar refractivity (Wildman–Crippen MR) is 76.6 cm³/mol. The smallest absolute Gasteiger partial charge is 0.390 e. The van der Waals surface area contributed by atoms with Crippen molar-refractivity contribution in [1.29, 1.82) is 0 Å². The summed E-state index contributed by atoms with van der Waals surface area (Å²) in [5.74, 6) is -0.220. The minimum absolute atomic E-state index is 0.220. The van der Waals surface area contributed by atoms with Crippen LogP contribution in [-0.4, -0.2) is 21.0 Å². The highest BCUT2D eigenvalue weighted by Gasteiger charge is 2.30. The number of aromatic nitrogens is 2. The van der Waals surface area contributed by atoms with Crippen LogP contribution in [0.25, 0.3) is 0 Å². The maximum Gasteiger partial charge on any atom is 0.434 e. The zero-order valence-corrected chi connectivity index (χ0v) is 12.1.